The van der Waals surface area contributed by atoms with E-state index in [9.17, 15) is 9.59 Å². The van der Waals surface area contributed by atoms with Crippen LogP contribution in [-0.2, 0) is 20.7 Å². The standard InChI is InChI=1S/C20H29NO4/c1-7-24-20(23)25-19-15(5)14(4)16(6)21(19)18(22)11-17-9-8-12(2)10-13(17)3/h8-10,14-16,19H,7,11H2,1-6H3. The molecule has 1 amide bonds. The van der Waals surface area contributed by atoms with Gasteiger partial charge in [-0.05, 0) is 44.7 Å². The summed E-state index contributed by atoms with van der Waals surface area (Å²) in [6, 6.07) is 6.10. The van der Waals surface area contributed by atoms with Crippen molar-refractivity contribution in [1.82, 2.24) is 4.90 Å². The zero-order valence-electron chi connectivity index (χ0n) is 16.0. The van der Waals surface area contributed by atoms with Crippen molar-refractivity contribution in [3.63, 3.8) is 0 Å². The lowest BCUT2D eigenvalue weighted by Gasteiger charge is -2.29. The molecule has 0 spiro atoms. The van der Waals surface area contributed by atoms with E-state index in [-0.39, 0.29) is 30.4 Å². The SMILES string of the molecule is CCOC(=O)OC1C(C)C(C)C(C)N1C(=O)Cc1ccc(C)cc1C. The summed E-state index contributed by atoms with van der Waals surface area (Å²) in [5, 5.41) is 0. The normalized spacial score (nSPS) is 25.8. The van der Waals surface area contributed by atoms with E-state index >= 15 is 0 Å². The second-order valence-electron chi connectivity index (χ2n) is 7.06. The Morgan fingerprint density at radius 1 is 1.12 bits per heavy atom. The molecule has 1 heterocycles. The molecule has 2 rings (SSSR count). The summed E-state index contributed by atoms with van der Waals surface area (Å²) < 4.78 is 10.4. The molecule has 0 N–H and O–H groups in total. The molecule has 0 saturated carbocycles. The van der Waals surface area contributed by atoms with Gasteiger partial charge in [0.25, 0.3) is 0 Å². The summed E-state index contributed by atoms with van der Waals surface area (Å²) in [6.07, 6.45) is -0.995. The van der Waals surface area contributed by atoms with Gasteiger partial charge in [0.15, 0.2) is 6.23 Å². The Hall–Kier alpha value is -2.04. The predicted octanol–water partition coefficient (Wildman–Crippen LogP) is 3.85. The van der Waals surface area contributed by atoms with E-state index in [1.54, 1.807) is 11.8 Å². The number of nitrogens with zero attached hydrogens (tertiary/aromatic N) is 1. The van der Waals surface area contributed by atoms with Gasteiger partial charge in [-0.3, -0.25) is 4.79 Å². The van der Waals surface area contributed by atoms with Gasteiger partial charge in [0.1, 0.15) is 0 Å². The fourth-order valence-corrected chi connectivity index (χ4v) is 3.52. The van der Waals surface area contributed by atoms with Gasteiger partial charge in [-0.15, -0.1) is 0 Å². The molecular weight excluding hydrogens is 318 g/mol. The summed E-state index contributed by atoms with van der Waals surface area (Å²) in [6.45, 7) is 12.1. The quantitative estimate of drug-likeness (QED) is 0.776. The average molecular weight is 347 g/mol. The van der Waals surface area contributed by atoms with Crippen LogP contribution in [0.2, 0.25) is 0 Å². The van der Waals surface area contributed by atoms with Crippen LogP contribution < -0.4 is 0 Å². The first-order chi connectivity index (χ1) is 11.8. The van der Waals surface area contributed by atoms with Crippen molar-refractivity contribution in [2.75, 3.05) is 6.61 Å². The number of aryl methyl sites for hydroxylation is 2. The second-order valence-corrected chi connectivity index (χ2v) is 7.06. The van der Waals surface area contributed by atoms with Crippen LogP contribution in [-0.4, -0.2) is 35.8 Å². The Morgan fingerprint density at radius 2 is 1.80 bits per heavy atom. The molecule has 1 fully saturated rings. The summed E-state index contributed by atoms with van der Waals surface area (Å²) in [4.78, 5) is 26.5. The highest BCUT2D eigenvalue weighted by molar-refractivity contribution is 5.80. The van der Waals surface area contributed by atoms with E-state index in [2.05, 4.69) is 13.0 Å². The minimum atomic E-state index is -0.718. The van der Waals surface area contributed by atoms with Crippen molar-refractivity contribution >= 4 is 12.1 Å². The van der Waals surface area contributed by atoms with Crippen LogP contribution in [0.25, 0.3) is 0 Å². The fraction of sp³-hybridized carbons (Fsp3) is 0.600. The van der Waals surface area contributed by atoms with Gasteiger partial charge in [0.2, 0.25) is 5.91 Å². The van der Waals surface area contributed by atoms with E-state index in [1.165, 1.54) is 5.56 Å². The van der Waals surface area contributed by atoms with Gasteiger partial charge in [0, 0.05) is 12.0 Å². The molecule has 138 valence electrons. The molecule has 0 radical (unpaired) electrons. The zero-order valence-corrected chi connectivity index (χ0v) is 16.0. The van der Waals surface area contributed by atoms with Crippen LogP contribution in [0, 0.1) is 25.7 Å². The van der Waals surface area contributed by atoms with E-state index in [4.69, 9.17) is 9.47 Å². The number of ether oxygens (including phenoxy) is 2. The summed E-state index contributed by atoms with van der Waals surface area (Å²) >= 11 is 0. The van der Waals surface area contributed by atoms with Crippen LogP contribution in [0.15, 0.2) is 18.2 Å². The third-order valence-electron chi connectivity index (χ3n) is 5.36. The number of rotatable bonds is 4. The lowest BCUT2D eigenvalue weighted by molar-refractivity contribution is -0.142. The minimum absolute atomic E-state index is 0.00711. The molecule has 1 aromatic rings. The third-order valence-corrected chi connectivity index (χ3v) is 5.36. The van der Waals surface area contributed by atoms with E-state index in [0.29, 0.717) is 6.42 Å². The number of hydrogen-bond acceptors (Lipinski definition) is 4. The monoisotopic (exact) mass is 347 g/mol. The maximum Gasteiger partial charge on any atom is 0.510 e. The predicted molar refractivity (Wildman–Crippen MR) is 96.2 cm³/mol. The number of hydrogen-bond donors (Lipinski definition) is 0. The number of likely N-dealkylation sites (tertiary alicyclic amines) is 1. The average Bonchev–Trinajstić information content (AvgIpc) is 2.74. The minimum Gasteiger partial charge on any atom is -0.435 e. The topological polar surface area (TPSA) is 55.8 Å². The lowest BCUT2D eigenvalue weighted by Crippen LogP contribution is -2.44. The highest BCUT2D eigenvalue weighted by Gasteiger charge is 2.47. The molecule has 0 bridgehead atoms. The second kappa shape index (κ2) is 7.89. The molecule has 5 heteroatoms. The molecule has 1 aliphatic rings. The molecule has 4 unspecified atom stereocenters. The van der Waals surface area contributed by atoms with Gasteiger partial charge >= 0.3 is 6.16 Å². The van der Waals surface area contributed by atoms with Crippen molar-refractivity contribution in [3.05, 3.63) is 34.9 Å². The summed E-state index contributed by atoms with van der Waals surface area (Å²) in [5.74, 6) is 0.273. The molecule has 4 atom stereocenters. The summed E-state index contributed by atoms with van der Waals surface area (Å²) in [7, 11) is 0. The molecule has 25 heavy (non-hydrogen) atoms. The molecule has 1 saturated heterocycles. The van der Waals surface area contributed by atoms with E-state index in [0.717, 1.165) is 11.1 Å². The van der Waals surface area contributed by atoms with Gasteiger partial charge in [-0.1, -0.05) is 37.6 Å². The molecule has 0 aromatic heterocycles. The Morgan fingerprint density at radius 3 is 2.40 bits per heavy atom. The Kier molecular flexibility index (Phi) is 6.09. The Bertz CT molecular complexity index is 643. The number of amides is 1. The Balaban J connectivity index is 2.19. The summed E-state index contributed by atoms with van der Waals surface area (Å²) in [5.41, 5.74) is 3.28. The molecular formula is C20H29NO4. The first kappa shape index (κ1) is 19.3. The Labute approximate surface area is 150 Å². The fourth-order valence-electron chi connectivity index (χ4n) is 3.52. The third kappa shape index (κ3) is 4.14. The van der Waals surface area contributed by atoms with Crippen LogP contribution >= 0.6 is 0 Å². The first-order valence-electron chi connectivity index (χ1n) is 8.97. The van der Waals surface area contributed by atoms with E-state index in [1.807, 2.05) is 39.8 Å². The maximum absolute atomic E-state index is 13.0. The van der Waals surface area contributed by atoms with Crippen molar-refractivity contribution in [3.8, 4) is 0 Å². The number of carbonyl (C=O) groups is 2. The van der Waals surface area contributed by atoms with Crippen LogP contribution in [0.5, 0.6) is 0 Å². The van der Waals surface area contributed by atoms with Crippen LogP contribution in [0.3, 0.4) is 0 Å². The molecule has 5 nitrogen and oxygen atoms in total. The van der Waals surface area contributed by atoms with Crippen LogP contribution in [0.4, 0.5) is 4.79 Å². The van der Waals surface area contributed by atoms with Gasteiger partial charge in [-0.25, -0.2) is 4.79 Å². The van der Waals surface area contributed by atoms with Crippen LogP contribution in [0.1, 0.15) is 44.4 Å². The number of carbonyl (C=O) groups excluding carboxylic acids is 2. The van der Waals surface area contributed by atoms with Gasteiger partial charge in [-0.2, -0.15) is 0 Å². The van der Waals surface area contributed by atoms with Crippen molar-refractivity contribution in [2.24, 2.45) is 11.8 Å². The van der Waals surface area contributed by atoms with Crippen molar-refractivity contribution in [1.29, 1.82) is 0 Å². The smallest absolute Gasteiger partial charge is 0.435 e. The lowest BCUT2D eigenvalue weighted by atomic mass is 9.94. The van der Waals surface area contributed by atoms with Gasteiger partial charge in [0.05, 0.1) is 13.0 Å². The molecule has 1 aromatic carbocycles. The van der Waals surface area contributed by atoms with Gasteiger partial charge < -0.3 is 14.4 Å². The highest BCUT2D eigenvalue weighted by Crippen LogP contribution is 2.36. The van der Waals surface area contributed by atoms with Crippen molar-refractivity contribution < 1.29 is 19.1 Å². The number of benzene rings is 1. The zero-order chi connectivity index (χ0) is 18.7. The van der Waals surface area contributed by atoms with Crippen molar-refractivity contribution in [2.45, 2.75) is 60.2 Å². The first-order valence-corrected chi connectivity index (χ1v) is 8.97. The molecule has 0 aliphatic carbocycles. The highest BCUT2D eigenvalue weighted by atomic mass is 16.7. The largest absolute Gasteiger partial charge is 0.510 e. The van der Waals surface area contributed by atoms with E-state index < -0.39 is 12.4 Å². The molecule has 1 aliphatic heterocycles. The maximum atomic E-state index is 13.0.